The lowest BCUT2D eigenvalue weighted by Gasteiger charge is -2.31. The van der Waals surface area contributed by atoms with Gasteiger partial charge in [0.1, 0.15) is 5.82 Å². The number of hydrogen-bond donors (Lipinski definition) is 2. The highest BCUT2D eigenvalue weighted by Gasteiger charge is 2.33. The van der Waals surface area contributed by atoms with E-state index in [2.05, 4.69) is 15.5 Å². The third-order valence-corrected chi connectivity index (χ3v) is 4.30. The van der Waals surface area contributed by atoms with Crippen molar-refractivity contribution in [2.45, 2.75) is 69.9 Å². The van der Waals surface area contributed by atoms with Crippen LogP contribution in [0.1, 0.15) is 63.2 Å². The van der Waals surface area contributed by atoms with Crippen molar-refractivity contribution >= 4 is 11.9 Å². The number of aromatic nitrogens is 3. The molecule has 0 spiro atoms. The zero-order valence-corrected chi connectivity index (χ0v) is 11.9. The third-order valence-electron chi connectivity index (χ3n) is 4.30. The highest BCUT2D eigenvalue weighted by Crippen LogP contribution is 2.38. The van der Waals surface area contributed by atoms with E-state index in [-0.39, 0.29) is 12.3 Å². The Hall–Kier alpha value is -1.43. The maximum absolute atomic E-state index is 12.1. The van der Waals surface area contributed by atoms with E-state index in [0.29, 0.717) is 12.0 Å². The van der Waals surface area contributed by atoms with Gasteiger partial charge in [-0.3, -0.25) is 14.7 Å². The van der Waals surface area contributed by atoms with Gasteiger partial charge < -0.3 is 5.11 Å². The van der Waals surface area contributed by atoms with Crippen molar-refractivity contribution in [3.05, 3.63) is 5.82 Å². The minimum atomic E-state index is -0.832. The van der Waals surface area contributed by atoms with Crippen LogP contribution in [0.2, 0.25) is 0 Å². The van der Waals surface area contributed by atoms with Gasteiger partial charge in [0.15, 0.2) is 0 Å². The number of rotatable bonds is 4. The van der Waals surface area contributed by atoms with Crippen LogP contribution in [0.15, 0.2) is 0 Å². The summed E-state index contributed by atoms with van der Waals surface area (Å²) in [5.41, 5.74) is -0.832. The van der Waals surface area contributed by atoms with Crippen LogP contribution >= 0.6 is 0 Å². The summed E-state index contributed by atoms with van der Waals surface area (Å²) in [6.45, 7) is 1.90. The Bertz CT molecular complexity index is 501. The molecule has 1 aromatic rings. The first-order valence-corrected chi connectivity index (χ1v) is 7.51. The molecular formula is C14H22N4O2. The molecule has 0 radical (unpaired) electrons. The van der Waals surface area contributed by atoms with E-state index in [1.165, 1.54) is 0 Å². The molecule has 110 valence electrons. The van der Waals surface area contributed by atoms with Crippen LogP contribution in [0, 0.1) is 6.92 Å². The second-order valence-corrected chi connectivity index (χ2v) is 6.18. The average molecular weight is 278 g/mol. The van der Waals surface area contributed by atoms with Crippen LogP contribution in [0.3, 0.4) is 0 Å². The number of carbonyl (C=O) groups is 1. The van der Waals surface area contributed by atoms with E-state index in [0.717, 1.165) is 50.8 Å². The molecule has 3 rings (SSSR count). The molecule has 0 atom stereocenters. The SMILES string of the molecule is Cc1nnc(NC(=O)CC2(O)CCCCC2)n1C1CC1. The van der Waals surface area contributed by atoms with Gasteiger partial charge in [-0.25, -0.2) is 0 Å². The zero-order chi connectivity index (χ0) is 14.2. The van der Waals surface area contributed by atoms with E-state index in [4.69, 9.17) is 0 Å². The molecule has 2 aliphatic carbocycles. The fraction of sp³-hybridized carbons (Fsp3) is 0.786. The van der Waals surface area contributed by atoms with Crippen molar-refractivity contribution < 1.29 is 9.90 Å². The molecule has 2 fully saturated rings. The minimum Gasteiger partial charge on any atom is -0.389 e. The lowest BCUT2D eigenvalue weighted by molar-refractivity contribution is -0.122. The number of hydrogen-bond acceptors (Lipinski definition) is 4. The van der Waals surface area contributed by atoms with Gasteiger partial charge in [-0.05, 0) is 32.6 Å². The Kier molecular flexibility index (Phi) is 3.50. The molecule has 0 unspecified atom stereocenters. The third kappa shape index (κ3) is 2.85. The fourth-order valence-electron chi connectivity index (χ4n) is 3.08. The van der Waals surface area contributed by atoms with Crippen molar-refractivity contribution in [3.63, 3.8) is 0 Å². The van der Waals surface area contributed by atoms with Gasteiger partial charge in [-0.15, -0.1) is 10.2 Å². The van der Waals surface area contributed by atoms with Crippen molar-refractivity contribution in [2.75, 3.05) is 5.32 Å². The molecule has 0 aliphatic heterocycles. The topological polar surface area (TPSA) is 80.0 Å². The molecule has 6 nitrogen and oxygen atoms in total. The second kappa shape index (κ2) is 5.16. The Morgan fingerprint density at radius 1 is 1.35 bits per heavy atom. The number of carbonyl (C=O) groups excluding carboxylic acids is 1. The normalized spacial score (nSPS) is 21.7. The van der Waals surface area contributed by atoms with Crippen LogP contribution in [0.5, 0.6) is 0 Å². The predicted octanol–water partition coefficient (Wildman–Crippen LogP) is 1.95. The minimum absolute atomic E-state index is 0.156. The van der Waals surface area contributed by atoms with Crippen molar-refractivity contribution in [1.29, 1.82) is 0 Å². The van der Waals surface area contributed by atoms with Gasteiger partial charge in [-0.1, -0.05) is 19.3 Å². The monoisotopic (exact) mass is 278 g/mol. The number of nitrogens with zero attached hydrogens (tertiary/aromatic N) is 3. The van der Waals surface area contributed by atoms with Crippen molar-refractivity contribution in [3.8, 4) is 0 Å². The van der Waals surface area contributed by atoms with Crippen molar-refractivity contribution in [2.24, 2.45) is 0 Å². The summed E-state index contributed by atoms with van der Waals surface area (Å²) in [7, 11) is 0. The van der Waals surface area contributed by atoms with Gasteiger partial charge in [0.25, 0.3) is 0 Å². The predicted molar refractivity (Wildman–Crippen MR) is 74.3 cm³/mol. The van der Waals surface area contributed by atoms with Gasteiger partial charge >= 0.3 is 0 Å². The quantitative estimate of drug-likeness (QED) is 0.882. The van der Waals surface area contributed by atoms with E-state index in [1.54, 1.807) is 0 Å². The van der Waals surface area contributed by atoms with E-state index >= 15 is 0 Å². The molecule has 2 N–H and O–H groups in total. The second-order valence-electron chi connectivity index (χ2n) is 6.18. The van der Waals surface area contributed by atoms with Crippen LogP contribution < -0.4 is 5.32 Å². The summed E-state index contributed by atoms with van der Waals surface area (Å²) >= 11 is 0. The Balaban J connectivity index is 1.64. The summed E-state index contributed by atoms with van der Waals surface area (Å²) in [6.07, 6.45) is 6.98. The van der Waals surface area contributed by atoms with E-state index in [1.807, 2.05) is 11.5 Å². The van der Waals surface area contributed by atoms with Crippen LogP contribution in [0.4, 0.5) is 5.95 Å². The molecule has 20 heavy (non-hydrogen) atoms. The Morgan fingerprint density at radius 2 is 2.05 bits per heavy atom. The van der Waals surface area contributed by atoms with Crippen molar-refractivity contribution in [1.82, 2.24) is 14.8 Å². The number of amides is 1. The number of anilines is 1. The molecule has 2 saturated carbocycles. The first kappa shape index (κ1) is 13.5. The van der Waals surface area contributed by atoms with E-state index < -0.39 is 5.60 Å². The smallest absolute Gasteiger partial charge is 0.231 e. The number of nitrogens with one attached hydrogen (secondary N) is 1. The van der Waals surface area contributed by atoms with Crippen LogP contribution in [0.25, 0.3) is 0 Å². The van der Waals surface area contributed by atoms with Gasteiger partial charge in [0.2, 0.25) is 11.9 Å². The highest BCUT2D eigenvalue weighted by molar-refractivity contribution is 5.89. The lowest BCUT2D eigenvalue weighted by atomic mass is 9.82. The first-order valence-electron chi connectivity index (χ1n) is 7.51. The molecule has 6 heteroatoms. The largest absolute Gasteiger partial charge is 0.389 e. The molecule has 1 amide bonds. The highest BCUT2D eigenvalue weighted by atomic mass is 16.3. The summed E-state index contributed by atoms with van der Waals surface area (Å²) in [4.78, 5) is 12.1. The standard InChI is InChI=1S/C14H22N4O2/c1-10-16-17-13(18(10)11-5-6-11)15-12(19)9-14(20)7-3-2-4-8-14/h11,20H,2-9H2,1H3,(H,15,17,19). The fourth-order valence-corrected chi connectivity index (χ4v) is 3.08. The maximum Gasteiger partial charge on any atom is 0.231 e. The van der Waals surface area contributed by atoms with Crippen LogP contribution in [-0.4, -0.2) is 31.4 Å². The number of aliphatic hydroxyl groups is 1. The van der Waals surface area contributed by atoms with Gasteiger partial charge in [-0.2, -0.15) is 0 Å². The molecule has 0 aromatic carbocycles. The molecule has 2 aliphatic rings. The Labute approximate surface area is 118 Å². The lowest BCUT2D eigenvalue weighted by Crippen LogP contribution is -2.36. The van der Waals surface area contributed by atoms with E-state index in [9.17, 15) is 9.90 Å². The molecule has 1 heterocycles. The summed E-state index contributed by atoms with van der Waals surface area (Å²) < 4.78 is 1.99. The summed E-state index contributed by atoms with van der Waals surface area (Å²) in [5.74, 6) is 1.19. The number of aryl methyl sites for hydroxylation is 1. The molecule has 0 saturated heterocycles. The van der Waals surface area contributed by atoms with Gasteiger partial charge in [0.05, 0.1) is 12.0 Å². The summed E-state index contributed by atoms with van der Waals surface area (Å²) in [6, 6.07) is 0.429. The maximum atomic E-state index is 12.1. The molecule has 1 aromatic heterocycles. The molecular weight excluding hydrogens is 256 g/mol. The Morgan fingerprint density at radius 3 is 2.70 bits per heavy atom. The molecule has 0 bridgehead atoms. The van der Waals surface area contributed by atoms with Gasteiger partial charge in [0, 0.05) is 6.04 Å². The average Bonchev–Trinajstić information content (AvgIpc) is 3.15. The first-order chi connectivity index (χ1) is 9.57. The zero-order valence-electron chi connectivity index (χ0n) is 11.9. The summed E-state index contributed by atoms with van der Waals surface area (Å²) in [5, 5.41) is 21.3. The van der Waals surface area contributed by atoms with Crippen LogP contribution in [-0.2, 0) is 4.79 Å².